The highest BCUT2D eigenvalue weighted by Crippen LogP contribution is 2.48. The zero-order valence-electron chi connectivity index (χ0n) is 10.7. The topological polar surface area (TPSA) is 75.6 Å². The SMILES string of the molecule is CC(C)P(=O)(N[C@@H](C)C(=O)O)Oc1ccccc1. The van der Waals surface area contributed by atoms with Gasteiger partial charge in [-0.3, -0.25) is 9.36 Å². The Morgan fingerprint density at radius 1 is 1.28 bits per heavy atom. The lowest BCUT2D eigenvalue weighted by Crippen LogP contribution is -2.35. The molecule has 1 unspecified atom stereocenters. The van der Waals surface area contributed by atoms with Crippen LogP contribution in [0.4, 0.5) is 0 Å². The second kappa shape index (κ2) is 6.03. The van der Waals surface area contributed by atoms with Gasteiger partial charge in [-0.2, -0.15) is 0 Å². The van der Waals surface area contributed by atoms with E-state index in [9.17, 15) is 9.36 Å². The lowest BCUT2D eigenvalue weighted by atomic mass is 10.3. The van der Waals surface area contributed by atoms with E-state index < -0.39 is 19.5 Å². The van der Waals surface area contributed by atoms with Gasteiger partial charge in [0.15, 0.2) is 0 Å². The first-order valence-electron chi connectivity index (χ1n) is 5.70. The molecule has 100 valence electrons. The predicted octanol–water partition coefficient (Wildman–Crippen LogP) is 2.73. The zero-order chi connectivity index (χ0) is 13.8. The molecule has 0 aliphatic carbocycles. The van der Waals surface area contributed by atoms with Crippen LogP contribution in [0.25, 0.3) is 0 Å². The van der Waals surface area contributed by atoms with E-state index in [-0.39, 0.29) is 5.66 Å². The third-order valence-corrected chi connectivity index (χ3v) is 5.00. The van der Waals surface area contributed by atoms with E-state index in [1.54, 1.807) is 38.1 Å². The van der Waals surface area contributed by atoms with E-state index in [1.807, 2.05) is 6.07 Å². The van der Waals surface area contributed by atoms with Gasteiger partial charge in [-0.05, 0) is 19.1 Å². The summed E-state index contributed by atoms with van der Waals surface area (Å²) in [7, 11) is -3.25. The van der Waals surface area contributed by atoms with E-state index in [4.69, 9.17) is 9.63 Å². The quantitative estimate of drug-likeness (QED) is 0.778. The molecule has 0 fully saturated rings. The number of aliphatic carboxylic acids is 1. The van der Waals surface area contributed by atoms with Crippen LogP contribution in [0.2, 0.25) is 0 Å². The number of rotatable bonds is 6. The average molecular weight is 271 g/mol. The standard InChI is InChI=1S/C12H18NO4P/c1-9(2)18(16,13-10(3)12(14)15)17-11-7-5-4-6-8-11/h4-10H,1-3H3,(H,13,16)(H,14,15)/t10-,18?/m0/s1. The van der Waals surface area contributed by atoms with E-state index in [0.717, 1.165) is 0 Å². The molecule has 6 heteroatoms. The molecule has 1 aromatic carbocycles. The molecule has 0 aliphatic heterocycles. The molecule has 0 heterocycles. The van der Waals surface area contributed by atoms with Crippen LogP contribution in [-0.4, -0.2) is 22.8 Å². The third-order valence-electron chi connectivity index (χ3n) is 2.41. The Morgan fingerprint density at radius 2 is 1.83 bits per heavy atom. The van der Waals surface area contributed by atoms with Gasteiger partial charge >= 0.3 is 13.5 Å². The maximum absolute atomic E-state index is 12.6. The van der Waals surface area contributed by atoms with Gasteiger partial charge < -0.3 is 9.63 Å². The maximum atomic E-state index is 12.6. The normalized spacial score (nSPS) is 16.0. The van der Waals surface area contributed by atoms with Gasteiger partial charge in [0, 0.05) is 0 Å². The van der Waals surface area contributed by atoms with Crippen molar-refractivity contribution >= 4 is 13.5 Å². The molecule has 18 heavy (non-hydrogen) atoms. The van der Waals surface area contributed by atoms with Gasteiger partial charge in [0.25, 0.3) is 0 Å². The van der Waals surface area contributed by atoms with Crippen molar-refractivity contribution in [3.63, 3.8) is 0 Å². The lowest BCUT2D eigenvalue weighted by Gasteiger charge is -2.25. The van der Waals surface area contributed by atoms with Crippen molar-refractivity contribution in [2.75, 3.05) is 0 Å². The van der Waals surface area contributed by atoms with Crippen LogP contribution in [0.5, 0.6) is 5.75 Å². The van der Waals surface area contributed by atoms with E-state index in [0.29, 0.717) is 5.75 Å². The number of hydrogen-bond acceptors (Lipinski definition) is 3. The van der Waals surface area contributed by atoms with Crippen molar-refractivity contribution in [2.45, 2.75) is 32.5 Å². The van der Waals surface area contributed by atoms with Crippen molar-refractivity contribution < 1.29 is 19.0 Å². The lowest BCUT2D eigenvalue weighted by molar-refractivity contribution is -0.138. The summed E-state index contributed by atoms with van der Waals surface area (Å²) in [5.41, 5.74) is -0.320. The Kier molecular flexibility index (Phi) is 4.93. The molecule has 0 bridgehead atoms. The maximum Gasteiger partial charge on any atom is 0.320 e. The number of carbonyl (C=O) groups is 1. The number of nitrogens with one attached hydrogen (secondary N) is 1. The molecule has 0 radical (unpaired) electrons. The van der Waals surface area contributed by atoms with Gasteiger partial charge in [0.2, 0.25) is 0 Å². The molecule has 1 aromatic rings. The summed E-state index contributed by atoms with van der Waals surface area (Å²) >= 11 is 0. The third kappa shape index (κ3) is 3.86. The van der Waals surface area contributed by atoms with E-state index in [2.05, 4.69) is 5.09 Å². The molecular weight excluding hydrogens is 253 g/mol. The van der Waals surface area contributed by atoms with Crippen molar-refractivity contribution in [3.05, 3.63) is 30.3 Å². The van der Waals surface area contributed by atoms with Crippen molar-refractivity contribution in [3.8, 4) is 5.75 Å². The molecule has 0 spiro atoms. The number of carboxylic acids is 1. The number of hydrogen-bond donors (Lipinski definition) is 2. The van der Waals surface area contributed by atoms with Gasteiger partial charge in [-0.15, -0.1) is 0 Å². The van der Waals surface area contributed by atoms with Crippen LogP contribution in [0.15, 0.2) is 30.3 Å². The number of carboxylic acid groups (broad SMARTS) is 1. The van der Waals surface area contributed by atoms with Gasteiger partial charge in [0.1, 0.15) is 11.8 Å². The van der Waals surface area contributed by atoms with E-state index in [1.165, 1.54) is 6.92 Å². The minimum atomic E-state index is -3.25. The summed E-state index contributed by atoms with van der Waals surface area (Å²) in [5.74, 6) is -0.604. The fourth-order valence-electron chi connectivity index (χ4n) is 1.24. The first kappa shape index (κ1) is 14.7. The van der Waals surface area contributed by atoms with Gasteiger partial charge in [-0.1, -0.05) is 32.0 Å². The summed E-state index contributed by atoms with van der Waals surface area (Å²) in [6, 6.07) is 7.79. The summed E-state index contributed by atoms with van der Waals surface area (Å²) in [5, 5.41) is 11.4. The van der Waals surface area contributed by atoms with Crippen LogP contribution in [0, 0.1) is 0 Å². The fourth-order valence-corrected chi connectivity index (χ4v) is 2.89. The highest BCUT2D eigenvalue weighted by Gasteiger charge is 2.32. The second-order valence-corrected chi connectivity index (χ2v) is 6.95. The summed E-state index contributed by atoms with van der Waals surface area (Å²) in [4.78, 5) is 10.8. The molecule has 2 atom stereocenters. The molecule has 0 aromatic heterocycles. The Hall–Kier alpha value is -1.32. The van der Waals surface area contributed by atoms with Gasteiger partial charge in [-0.25, -0.2) is 5.09 Å². The zero-order valence-corrected chi connectivity index (χ0v) is 11.6. The molecule has 2 N–H and O–H groups in total. The van der Waals surface area contributed by atoms with Crippen LogP contribution < -0.4 is 9.61 Å². The largest absolute Gasteiger partial charge is 0.480 e. The van der Waals surface area contributed by atoms with Crippen molar-refractivity contribution in [1.82, 2.24) is 5.09 Å². The average Bonchev–Trinajstić information content (AvgIpc) is 2.29. The summed E-state index contributed by atoms with van der Waals surface area (Å²) in [6.45, 7) is 4.89. The van der Waals surface area contributed by atoms with Crippen molar-refractivity contribution in [2.24, 2.45) is 0 Å². The predicted molar refractivity (Wildman–Crippen MR) is 70.0 cm³/mol. The Labute approximate surface area is 107 Å². The molecule has 0 saturated heterocycles. The highest BCUT2D eigenvalue weighted by atomic mass is 31.2. The van der Waals surface area contributed by atoms with Crippen LogP contribution in [0.1, 0.15) is 20.8 Å². The van der Waals surface area contributed by atoms with Crippen LogP contribution in [-0.2, 0) is 9.36 Å². The Balaban J connectivity index is 2.88. The summed E-state index contributed by atoms with van der Waals surface area (Å²) in [6.07, 6.45) is 0. The molecule has 0 saturated carbocycles. The number of para-hydroxylation sites is 1. The molecule has 0 aliphatic rings. The van der Waals surface area contributed by atoms with Crippen LogP contribution in [0.3, 0.4) is 0 Å². The molecule has 5 nitrogen and oxygen atoms in total. The van der Waals surface area contributed by atoms with Crippen LogP contribution >= 0.6 is 7.52 Å². The second-order valence-electron chi connectivity index (χ2n) is 4.28. The van der Waals surface area contributed by atoms with Crippen molar-refractivity contribution in [1.29, 1.82) is 0 Å². The molecule has 1 rings (SSSR count). The first-order valence-corrected chi connectivity index (χ1v) is 7.39. The smallest absolute Gasteiger partial charge is 0.320 e. The first-order chi connectivity index (χ1) is 8.35. The molecular formula is C12H18NO4P. The fraction of sp³-hybridized carbons (Fsp3) is 0.417. The van der Waals surface area contributed by atoms with E-state index >= 15 is 0 Å². The Bertz CT molecular complexity index is 447. The number of benzene rings is 1. The highest BCUT2D eigenvalue weighted by molar-refractivity contribution is 7.58. The monoisotopic (exact) mass is 271 g/mol. The minimum Gasteiger partial charge on any atom is -0.480 e. The minimum absolute atomic E-state index is 0.320. The molecule has 0 amide bonds. The summed E-state index contributed by atoms with van der Waals surface area (Å²) < 4.78 is 18.1. The Morgan fingerprint density at radius 3 is 2.28 bits per heavy atom. The van der Waals surface area contributed by atoms with Gasteiger partial charge in [0.05, 0.1) is 5.66 Å².